The number of fused-ring (bicyclic) bond motifs is 1. The number of benzene rings is 1. The minimum atomic E-state index is -0.974. The summed E-state index contributed by atoms with van der Waals surface area (Å²) in [4.78, 5) is 39.2. The minimum absolute atomic E-state index is 0.122. The number of carbonyl (C=O) groups excluding carboxylic acids is 2. The Balaban J connectivity index is 2.23. The molecule has 0 aliphatic heterocycles. The predicted octanol–water partition coefficient (Wildman–Crippen LogP) is 3.06. The van der Waals surface area contributed by atoms with E-state index in [1.807, 2.05) is 46.9 Å². The summed E-state index contributed by atoms with van der Waals surface area (Å²) < 4.78 is 2.06. The Morgan fingerprint density at radius 3 is 2.40 bits per heavy atom. The number of aliphatic carboxylic acids is 1. The van der Waals surface area contributed by atoms with Crippen molar-refractivity contribution in [3.8, 4) is 0 Å². The highest BCUT2D eigenvalue weighted by Crippen LogP contribution is 2.34. The lowest BCUT2D eigenvalue weighted by Gasteiger charge is -2.35. The van der Waals surface area contributed by atoms with Crippen LogP contribution in [0.25, 0.3) is 10.9 Å². The molecule has 8 nitrogen and oxygen atoms in total. The highest BCUT2D eigenvalue weighted by molar-refractivity contribution is 5.92. The average Bonchev–Trinajstić information content (AvgIpc) is 3.14. The van der Waals surface area contributed by atoms with Crippen molar-refractivity contribution in [1.82, 2.24) is 20.1 Å². The Morgan fingerprint density at radius 1 is 1.20 bits per heavy atom. The minimum Gasteiger partial charge on any atom is -0.478 e. The average molecular weight is 485 g/mol. The molecule has 2 rings (SSSR count). The van der Waals surface area contributed by atoms with Gasteiger partial charge in [-0.25, -0.2) is 4.79 Å². The van der Waals surface area contributed by atoms with E-state index in [-0.39, 0.29) is 23.3 Å². The maximum absolute atomic E-state index is 13.5. The first-order valence-electron chi connectivity index (χ1n) is 12.0. The first-order chi connectivity index (χ1) is 16.3. The zero-order valence-electron chi connectivity index (χ0n) is 22.2. The molecule has 2 unspecified atom stereocenters. The van der Waals surface area contributed by atoms with Crippen molar-refractivity contribution in [1.29, 1.82) is 0 Å². The van der Waals surface area contributed by atoms with Gasteiger partial charge in [0, 0.05) is 48.7 Å². The van der Waals surface area contributed by atoms with E-state index in [0.717, 1.165) is 16.5 Å². The van der Waals surface area contributed by atoms with Gasteiger partial charge in [0.15, 0.2) is 0 Å². The van der Waals surface area contributed by atoms with E-state index in [1.165, 1.54) is 6.92 Å². The van der Waals surface area contributed by atoms with Crippen LogP contribution in [0.15, 0.2) is 42.1 Å². The van der Waals surface area contributed by atoms with Crippen LogP contribution in [0.3, 0.4) is 0 Å². The molecule has 2 aromatic rings. The van der Waals surface area contributed by atoms with Crippen LogP contribution in [0.2, 0.25) is 0 Å². The van der Waals surface area contributed by atoms with Gasteiger partial charge in [-0.1, -0.05) is 52.0 Å². The normalized spacial score (nSPS) is 14.1. The van der Waals surface area contributed by atoms with Crippen LogP contribution in [0, 0.1) is 5.92 Å². The van der Waals surface area contributed by atoms with Crippen LogP contribution in [-0.2, 0) is 26.8 Å². The third-order valence-corrected chi connectivity index (χ3v) is 6.72. The highest BCUT2D eigenvalue weighted by Gasteiger charge is 2.39. The second kappa shape index (κ2) is 11.5. The summed E-state index contributed by atoms with van der Waals surface area (Å²) >= 11 is 0. The zero-order valence-corrected chi connectivity index (χ0v) is 22.2. The fraction of sp³-hybridized carbons (Fsp3) is 0.519. The third kappa shape index (κ3) is 6.31. The molecule has 0 bridgehead atoms. The smallest absolute Gasteiger partial charge is 0.330 e. The number of para-hydroxylation sites is 1. The van der Waals surface area contributed by atoms with Gasteiger partial charge < -0.3 is 25.2 Å². The number of carboxylic acid groups (broad SMARTS) is 1. The molecule has 8 heteroatoms. The number of nitrogens with one attached hydrogen (secondary N) is 2. The molecule has 192 valence electrons. The maximum Gasteiger partial charge on any atom is 0.330 e. The standard InChI is InChI=1S/C27H40N4O4/c1-17(2)22(25(33)30(7)15-11-12-18(3)26(34)35)29-24(32)23(28-6)27(4,5)20-16-31(8)21-14-10-9-13-19(20)21/h9-10,12-14,16-17,22-23,28H,11,15H2,1-8H3,(H,29,32)(H,34,35)/b18-12+. The molecule has 1 aromatic carbocycles. The molecule has 2 atom stereocenters. The number of rotatable bonds is 11. The van der Waals surface area contributed by atoms with Gasteiger partial charge in [-0.2, -0.15) is 0 Å². The SMILES string of the molecule is CNC(C(=O)NC(C(=O)N(C)CC/C=C(\C)C(=O)O)C(C)C)C(C)(C)c1cn(C)c2ccccc12. The first kappa shape index (κ1) is 28.1. The van der Waals surface area contributed by atoms with Crippen LogP contribution in [-0.4, -0.2) is 65.1 Å². The molecule has 1 heterocycles. The summed E-state index contributed by atoms with van der Waals surface area (Å²) in [5, 5.41) is 16.2. The van der Waals surface area contributed by atoms with Gasteiger partial charge in [0.25, 0.3) is 0 Å². The Hall–Kier alpha value is -3.13. The van der Waals surface area contributed by atoms with Gasteiger partial charge in [-0.15, -0.1) is 0 Å². The third-order valence-electron chi connectivity index (χ3n) is 6.72. The lowest BCUT2D eigenvalue weighted by atomic mass is 9.77. The second-order valence-electron chi connectivity index (χ2n) is 10.1. The quantitative estimate of drug-likeness (QED) is 0.425. The van der Waals surface area contributed by atoms with E-state index in [4.69, 9.17) is 5.11 Å². The van der Waals surface area contributed by atoms with Crippen LogP contribution in [0.4, 0.5) is 0 Å². The number of likely N-dealkylation sites (N-methyl/N-ethyl adjacent to an activating group) is 2. The van der Waals surface area contributed by atoms with Gasteiger partial charge >= 0.3 is 5.97 Å². The molecule has 0 spiro atoms. The van der Waals surface area contributed by atoms with E-state index in [9.17, 15) is 14.4 Å². The Bertz CT molecular complexity index is 1100. The van der Waals surface area contributed by atoms with Crippen molar-refractivity contribution in [2.24, 2.45) is 13.0 Å². The van der Waals surface area contributed by atoms with Crippen LogP contribution < -0.4 is 10.6 Å². The topological polar surface area (TPSA) is 104 Å². The Labute approximate surface area is 208 Å². The van der Waals surface area contributed by atoms with Crippen molar-refractivity contribution < 1.29 is 19.5 Å². The fourth-order valence-corrected chi connectivity index (χ4v) is 4.49. The van der Waals surface area contributed by atoms with Crippen molar-refractivity contribution in [3.05, 3.63) is 47.7 Å². The molecule has 0 saturated carbocycles. The summed E-state index contributed by atoms with van der Waals surface area (Å²) in [5.74, 6) is -1.54. The van der Waals surface area contributed by atoms with Gasteiger partial charge in [0.2, 0.25) is 11.8 Å². The van der Waals surface area contributed by atoms with E-state index in [0.29, 0.717) is 13.0 Å². The number of amides is 2. The molecule has 0 radical (unpaired) electrons. The van der Waals surface area contributed by atoms with Gasteiger partial charge in [-0.05, 0) is 37.9 Å². The number of aromatic nitrogens is 1. The molecular weight excluding hydrogens is 444 g/mol. The van der Waals surface area contributed by atoms with E-state index < -0.39 is 23.5 Å². The molecule has 1 aromatic heterocycles. The van der Waals surface area contributed by atoms with Crippen LogP contribution in [0.5, 0.6) is 0 Å². The number of carboxylic acids is 1. The van der Waals surface area contributed by atoms with Gasteiger partial charge in [0.1, 0.15) is 6.04 Å². The monoisotopic (exact) mass is 484 g/mol. The predicted molar refractivity (Wildman–Crippen MR) is 139 cm³/mol. The Kier molecular flexibility index (Phi) is 9.26. The van der Waals surface area contributed by atoms with Gasteiger partial charge in [-0.3, -0.25) is 9.59 Å². The second-order valence-corrected chi connectivity index (χ2v) is 10.1. The molecular formula is C27H40N4O4. The number of hydrogen-bond donors (Lipinski definition) is 3. The lowest BCUT2D eigenvalue weighted by molar-refractivity contribution is -0.137. The Morgan fingerprint density at radius 2 is 1.83 bits per heavy atom. The van der Waals surface area contributed by atoms with E-state index >= 15 is 0 Å². The van der Waals surface area contributed by atoms with Crippen molar-refractivity contribution in [2.75, 3.05) is 20.6 Å². The van der Waals surface area contributed by atoms with Crippen molar-refractivity contribution in [3.63, 3.8) is 0 Å². The molecule has 0 saturated heterocycles. The molecule has 0 aliphatic rings. The zero-order chi connectivity index (χ0) is 26.5. The lowest BCUT2D eigenvalue weighted by Crippen LogP contribution is -2.59. The number of carbonyl (C=O) groups is 3. The summed E-state index contributed by atoms with van der Waals surface area (Å²) in [6.45, 7) is 9.75. The van der Waals surface area contributed by atoms with Crippen molar-refractivity contribution >= 4 is 28.7 Å². The molecule has 2 amide bonds. The van der Waals surface area contributed by atoms with Crippen LogP contribution >= 0.6 is 0 Å². The fourth-order valence-electron chi connectivity index (χ4n) is 4.49. The summed E-state index contributed by atoms with van der Waals surface area (Å²) in [7, 11) is 5.42. The first-order valence-corrected chi connectivity index (χ1v) is 12.0. The summed E-state index contributed by atoms with van der Waals surface area (Å²) in [5.41, 5.74) is 1.83. The molecule has 0 fully saturated rings. The van der Waals surface area contributed by atoms with Gasteiger partial charge in [0.05, 0.1) is 6.04 Å². The molecule has 3 N–H and O–H groups in total. The maximum atomic E-state index is 13.5. The summed E-state index contributed by atoms with van der Waals surface area (Å²) in [6, 6.07) is 6.83. The van der Waals surface area contributed by atoms with E-state index in [1.54, 1.807) is 25.1 Å². The molecule has 35 heavy (non-hydrogen) atoms. The molecule has 0 aliphatic carbocycles. The number of nitrogens with zero attached hydrogens (tertiary/aromatic N) is 2. The van der Waals surface area contributed by atoms with E-state index in [2.05, 4.69) is 33.5 Å². The highest BCUT2D eigenvalue weighted by atomic mass is 16.4. The van der Waals surface area contributed by atoms with Crippen LogP contribution in [0.1, 0.15) is 46.6 Å². The largest absolute Gasteiger partial charge is 0.478 e. The number of hydrogen-bond acceptors (Lipinski definition) is 4. The number of aryl methyl sites for hydroxylation is 1. The van der Waals surface area contributed by atoms with Crippen molar-refractivity contribution in [2.45, 2.75) is 58.5 Å². The summed E-state index contributed by atoms with van der Waals surface area (Å²) in [6.07, 6.45) is 4.08.